The van der Waals surface area contributed by atoms with Crippen molar-refractivity contribution < 1.29 is 17.9 Å². The molecule has 0 atom stereocenters. The van der Waals surface area contributed by atoms with Gasteiger partial charge in [0, 0.05) is 23.8 Å². The number of benzene rings is 2. The van der Waals surface area contributed by atoms with E-state index in [9.17, 15) is 13.2 Å². The minimum absolute atomic E-state index is 0.0116. The zero-order chi connectivity index (χ0) is 18.6. The smallest absolute Gasteiger partial charge is 0.255 e. The third kappa shape index (κ3) is 4.81. The molecule has 4 N–H and O–H groups in total. The highest BCUT2D eigenvalue weighted by Crippen LogP contribution is 2.23. The number of ether oxygens (including phenoxy) is 1. The topological polar surface area (TPSA) is 111 Å². The lowest BCUT2D eigenvalue weighted by molar-refractivity contribution is 0.102. The molecule has 1 amide bonds. The highest BCUT2D eigenvalue weighted by Gasteiger charge is 2.28. The van der Waals surface area contributed by atoms with E-state index >= 15 is 0 Å². The average molecular weight is 375 g/mol. The van der Waals surface area contributed by atoms with Crippen LogP contribution >= 0.6 is 0 Å². The predicted octanol–water partition coefficient (Wildman–Crippen LogP) is 1.72. The summed E-state index contributed by atoms with van der Waals surface area (Å²) in [7, 11) is -3.60. The number of nitrogens with two attached hydrogens (primary N) is 1. The van der Waals surface area contributed by atoms with Crippen LogP contribution in [0.3, 0.4) is 0 Å². The molecule has 1 saturated carbocycles. The van der Waals surface area contributed by atoms with Gasteiger partial charge in [0.15, 0.2) is 0 Å². The maximum Gasteiger partial charge on any atom is 0.255 e. The molecule has 0 heterocycles. The molecule has 1 aliphatic rings. The van der Waals surface area contributed by atoms with Crippen LogP contribution in [0.15, 0.2) is 53.4 Å². The summed E-state index contributed by atoms with van der Waals surface area (Å²) in [6.45, 7) is 0.842. The molecule has 0 spiro atoms. The fourth-order valence-corrected chi connectivity index (χ4v) is 3.66. The van der Waals surface area contributed by atoms with E-state index in [-0.39, 0.29) is 22.4 Å². The molecule has 2 aromatic rings. The van der Waals surface area contributed by atoms with Gasteiger partial charge in [0.25, 0.3) is 5.91 Å². The minimum Gasteiger partial charge on any atom is -0.492 e. The number of sulfonamides is 1. The van der Waals surface area contributed by atoms with Gasteiger partial charge in [-0.1, -0.05) is 6.07 Å². The van der Waals surface area contributed by atoms with Crippen LogP contribution < -0.4 is 20.5 Å². The zero-order valence-electron chi connectivity index (χ0n) is 14.1. The Balaban J connectivity index is 1.68. The third-order valence-corrected chi connectivity index (χ3v) is 5.32. The number of hydrogen-bond acceptors (Lipinski definition) is 5. The van der Waals surface area contributed by atoms with Gasteiger partial charge < -0.3 is 15.8 Å². The van der Waals surface area contributed by atoms with Crippen LogP contribution in [0.4, 0.5) is 5.69 Å². The Hall–Kier alpha value is -2.42. The van der Waals surface area contributed by atoms with E-state index in [1.54, 1.807) is 36.4 Å². The molecule has 1 aliphatic carbocycles. The third-order valence-electron chi connectivity index (χ3n) is 3.80. The molecule has 0 bridgehead atoms. The molecule has 0 aromatic heterocycles. The molecule has 2 aromatic carbocycles. The van der Waals surface area contributed by atoms with Crippen molar-refractivity contribution in [2.24, 2.45) is 5.73 Å². The summed E-state index contributed by atoms with van der Waals surface area (Å²) in [5.41, 5.74) is 6.23. The Morgan fingerprint density at radius 1 is 1.15 bits per heavy atom. The first kappa shape index (κ1) is 18.4. The second-order valence-corrected chi connectivity index (χ2v) is 7.75. The van der Waals surface area contributed by atoms with E-state index in [2.05, 4.69) is 10.0 Å². The quantitative estimate of drug-likeness (QED) is 0.651. The normalized spacial score (nSPS) is 14.0. The molecule has 0 radical (unpaired) electrons. The highest BCUT2D eigenvalue weighted by atomic mass is 32.2. The zero-order valence-corrected chi connectivity index (χ0v) is 15.0. The van der Waals surface area contributed by atoms with Gasteiger partial charge in [-0.15, -0.1) is 0 Å². The number of rotatable bonds is 8. The van der Waals surface area contributed by atoms with Gasteiger partial charge in [0.05, 0.1) is 4.90 Å². The SMILES string of the molecule is NCCOc1ccc(NC(=O)c2cccc(S(=O)(=O)NC3CC3)c2)cc1. The van der Waals surface area contributed by atoms with Crippen LogP contribution in [0.1, 0.15) is 23.2 Å². The summed E-state index contributed by atoms with van der Waals surface area (Å²) >= 11 is 0. The van der Waals surface area contributed by atoms with E-state index < -0.39 is 10.0 Å². The number of anilines is 1. The van der Waals surface area contributed by atoms with Crippen molar-refractivity contribution in [1.29, 1.82) is 0 Å². The number of carbonyl (C=O) groups excluding carboxylic acids is 1. The summed E-state index contributed by atoms with van der Waals surface area (Å²) in [6.07, 6.45) is 1.70. The van der Waals surface area contributed by atoms with Crippen molar-refractivity contribution in [3.8, 4) is 5.75 Å². The molecule has 7 nitrogen and oxygen atoms in total. The van der Waals surface area contributed by atoms with E-state index in [0.29, 0.717) is 24.6 Å². The molecule has 8 heteroatoms. The Bertz CT molecular complexity index is 878. The van der Waals surface area contributed by atoms with Gasteiger partial charge in [0.1, 0.15) is 12.4 Å². The first-order valence-electron chi connectivity index (χ1n) is 8.34. The summed E-state index contributed by atoms with van der Waals surface area (Å²) in [4.78, 5) is 12.5. The van der Waals surface area contributed by atoms with Gasteiger partial charge in [-0.25, -0.2) is 13.1 Å². The Kier molecular flexibility index (Phi) is 5.55. The predicted molar refractivity (Wildman–Crippen MR) is 98.7 cm³/mol. The van der Waals surface area contributed by atoms with Gasteiger partial charge in [-0.2, -0.15) is 0 Å². The van der Waals surface area contributed by atoms with Crippen LogP contribution in [0.25, 0.3) is 0 Å². The molecular formula is C18H21N3O4S. The van der Waals surface area contributed by atoms with Gasteiger partial charge in [-0.05, 0) is 55.3 Å². The Morgan fingerprint density at radius 3 is 2.54 bits per heavy atom. The molecule has 0 aliphatic heterocycles. The molecule has 1 fully saturated rings. The standard InChI is InChI=1S/C18H21N3O4S/c19-10-11-25-16-8-6-14(7-9-16)20-18(22)13-2-1-3-17(12-13)26(23,24)21-15-4-5-15/h1-3,6-9,12,15,21H,4-5,10-11,19H2,(H,20,22). The van der Waals surface area contributed by atoms with Gasteiger partial charge >= 0.3 is 0 Å². The first-order chi connectivity index (χ1) is 12.5. The molecule has 0 unspecified atom stereocenters. The van der Waals surface area contributed by atoms with Crippen molar-refractivity contribution >= 4 is 21.6 Å². The number of hydrogen-bond donors (Lipinski definition) is 3. The molecule has 0 saturated heterocycles. The van der Waals surface area contributed by atoms with E-state index in [0.717, 1.165) is 12.8 Å². The molecule has 3 rings (SSSR count). The molecule has 26 heavy (non-hydrogen) atoms. The summed E-state index contributed by atoms with van der Waals surface area (Å²) in [5, 5.41) is 2.74. The lowest BCUT2D eigenvalue weighted by Gasteiger charge is -2.09. The van der Waals surface area contributed by atoms with Crippen LogP contribution in [-0.4, -0.2) is 33.5 Å². The van der Waals surface area contributed by atoms with Crippen molar-refractivity contribution in [2.45, 2.75) is 23.8 Å². The fraction of sp³-hybridized carbons (Fsp3) is 0.278. The summed E-state index contributed by atoms with van der Waals surface area (Å²) in [6, 6.07) is 12.9. The first-order valence-corrected chi connectivity index (χ1v) is 9.83. The molecule has 138 valence electrons. The van der Waals surface area contributed by atoms with Crippen LogP contribution in [-0.2, 0) is 10.0 Å². The lowest BCUT2D eigenvalue weighted by atomic mass is 10.2. The fourth-order valence-electron chi connectivity index (χ4n) is 2.31. The largest absolute Gasteiger partial charge is 0.492 e. The lowest BCUT2D eigenvalue weighted by Crippen LogP contribution is -2.26. The van der Waals surface area contributed by atoms with Crippen LogP contribution in [0.5, 0.6) is 5.75 Å². The summed E-state index contributed by atoms with van der Waals surface area (Å²) < 4.78 is 32.5. The number of amides is 1. The van der Waals surface area contributed by atoms with Crippen LogP contribution in [0.2, 0.25) is 0 Å². The van der Waals surface area contributed by atoms with Crippen LogP contribution in [0, 0.1) is 0 Å². The van der Waals surface area contributed by atoms with E-state index in [4.69, 9.17) is 10.5 Å². The van der Waals surface area contributed by atoms with Crippen molar-refractivity contribution in [3.63, 3.8) is 0 Å². The average Bonchev–Trinajstić information content (AvgIpc) is 3.44. The van der Waals surface area contributed by atoms with Gasteiger partial charge in [-0.3, -0.25) is 4.79 Å². The molecular weight excluding hydrogens is 354 g/mol. The van der Waals surface area contributed by atoms with Gasteiger partial charge in [0.2, 0.25) is 10.0 Å². The van der Waals surface area contributed by atoms with Crippen molar-refractivity contribution in [3.05, 3.63) is 54.1 Å². The number of carbonyl (C=O) groups is 1. The second kappa shape index (κ2) is 7.86. The summed E-state index contributed by atoms with van der Waals surface area (Å²) in [5.74, 6) is 0.275. The maximum atomic E-state index is 12.4. The minimum atomic E-state index is -3.60. The Morgan fingerprint density at radius 2 is 1.88 bits per heavy atom. The van der Waals surface area contributed by atoms with E-state index in [1.807, 2.05) is 0 Å². The Labute approximate surface area is 152 Å². The van der Waals surface area contributed by atoms with Crippen molar-refractivity contribution in [2.75, 3.05) is 18.5 Å². The highest BCUT2D eigenvalue weighted by molar-refractivity contribution is 7.89. The van der Waals surface area contributed by atoms with Crippen molar-refractivity contribution in [1.82, 2.24) is 4.72 Å². The maximum absolute atomic E-state index is 12.4. The monoisotopic (exact) mass is 375 g/mol. The second-order valence-electron chi connectivity index (χ2n) is 6.04. The van der Waals surface area contributed by atoms with E-state index in [1.165, 1.54) is 12.1 Å². The number of nitrogens with one attached hydrogen (secondary N) is 2.